The molecule has 0 unspecified atom stereocenters. The fraction of sp³-hybridized carbons (Fsp3) is 0. The van der Waals surface area contributed by atoms with Crippen LogP contribution < -0.4 is 5.32 Å². The van der Waals surface area contributed by atoms with Gasteiger partial charge in [0, 0.05) is 12.4 Å². The predicted octanol–water partition coefficient (Wildman–Crippen LogP) is 0.833. The van der Waals surface area contributed by atoms with E-state index < -0.39 is 0 Å². The molecule has 7 nitrogen and oxygen atoms in total. The van der Waals surface area contributed by atoms with Crippen molar-refractivity contribution >= 4 is 28.0 Å². The molecule has 3 heterocycles. The van der Waals surface area contributed by atoms with Gasteiger partial charge in [-0.15, -0.1) is 10.2 Å². The summed E-state index contributed by atoms with van der Waals surface area (Å²) in [7, 11) is 0. The van der Waals surface area contributed by atoms with E-state index in [0.717, 1.165) is 0 Å². The van der Waals surface area contributed by atoms with Gasteiger partial charge in [-0.1, -0.05) is 11.3 Å². The SMILES string of the molecule is O=C(Nc1nncs1)c1cnn2cccnc12. The van der Waals surface area contributed by atoms with Crippen LogP contribution in [0.5, 0.6) is 0 Å². The maximum atomic E-state index is 11.9. The van der Waals surface area contributed by atoms with Gasteiger partial charge in [0.05, 0.1) is 6.20 Å². The Morgan fingerprint density at radius 1 is 1.47 bits per heavy atom. The molecule has 3 aromatic rings. The summed E-state index contributed by atoms with van der Waals surface area (Å²) in [4.78, 5) is 16.0. The first-order valence-corrected chi connectivity index (χ1v) is 5.58. The van der Waals surface area contributed by atoms with Crippen LogP contribution in [0.25, 0.3) is 5.65 Å². The maximum absolute atomic E-state index is 11.9. The zero-order valence-corrected chi connectivity index (χ0v) is 9.26. The van der Waals surface area contributed by atoms with Crippen molar-refractivity contribution in [2.45, 2.75) is 0 Å². The molecule has 0 aliphatic rings. The predicted molar refractivity (Wildman–Crippen MR) is 60.8 cm³/mol. The molecule has 8 heteroatoms. The van der Waals surface area contributed by atoms with Crippen molar-refractivity contribution in [3.8, 4) is 0 Å². The number of fused-ring (bicyclic) bond motifs is 1. The van der Waals surface area contributed by atoms with Gasteiger partial charge in [-0.2, -0.15) is 5.10 Å². The molecule has 0 aliphatic heterocycles. The quantitative estimate of drug-likeness (QED) is 0.724. The highest BCUT2D eigenvalue weighted by Crippen LogP contribution is 2.12. The second-order valence-corrected chi connectivity index (χ2v) is 3.98. The molecule has 0 saturated heterocycles. The van der Waals surface area contributed by atoms with Gasteiger partial charge in [-0.25, -0.2) is 9.50 Å². The number of carbonyl (C=O) groups excluding carboxylic acids is 1. The second-order valence-electron chi connectivity index (χ2n) is 3.14. The van der Waals surface area contributed by atoms with Gasteiger partial charge in [0.1, 0.15) is 11.1 Å². The van der Waals surface area contributed by atoms with Crippen LogP contribution in [0.2, 0.25) is 0 Å². The highest BCUT2D eigenvalue weighted by molar-refractivity contribution is 7.13. The van der Waals surface area contributed by atoms with E-state index in [1.165, 1.54) is 22.0 Å². The van der Waals surface area contributed by atoms with Crippen LogP contribution in [0.4, 0.5) is 5.13 Å². The summed E-state index contributed by atoms with van der Waals surface area (Å²) in [5, 5.41) is 14.5. The van der Waals surface area contributed by atoms with Crippen LogP contribution in [0.3, 0.4) is 0 Å². The molecule has 0 aromatic carbocycles. The van der Waals surface area contributed by atoms with Gasteiger partial charge in [-0.05, 0) is 6.07 Å². The van der Waals surface area contributed by atoms with Gasteiger partial charge >= 0.3 is 0 Å². The average molecular weight is 246 g/mol. The van der Waals surface area contributed by atoms with Crippen molar-refractivity contribution < 1.29 is 4.79 Å². The Morgan fingerprint density at radius 2 is 2.41 bits per heavy atom. The molecule has 0 radical (unpaired) electrons. The summed E-state index contributed by atoms with van der Waals surface area (Å²) in [6.07, 6.45) is 4.81. The molecule has 0 spiro atoms. The minimum absolute atomic E-state index is 0.296. The van der Waals surface area contributed by atoms with Crippen LogP contribution in [-0.4, -0.2) is 30.7 Å². The fourth-order valence-corrected chi connectivity index (χ4v) is 1.82. The highest BCUT2D eigenvalue weighted by atomic mass is 32.1. The normalized spacial score (nSPS) is 10.6. The number of hydrogen-bond acceptors (Lipinski definition) is 6. The number of rotatable bonds is 2. The molecule has 0 bridgehead atoms. The lowest BCUT2D eigenvalue weighted by molar-refractivity contribution is 0.102. The van der Waals surface area contributed by atoms with E-state index in [9.17, 15) is 4.79 Å². The Hall–Kier alpha value is -2.35. The lowest BCUT2D eigenvalue weighted by Crippen LogP contribution is -2.11. The molecule has 3 rings (SSSR count). The standard InChI is InChI=1S/C9H6N6OS/c16-8(13-9-14-11-5-17-9)6-4-12-15-3-1-2-10-7(6)15/h1-5H,(H,13,14,16). The van der Waals surface area contributed by atoms with E-state index in [2.05, 4.69) is 25.6 Å². The van der Waals surface area contributed by atoms with E-state index in [0.29, 0.717) is 16.3 Å². The average Bonchev–Trinajstić information content (AvgIpc) is 2.96. The van der Waals surface area contributed by atoms with Crippen LogP contribution >= 0.6 is 11.3 Å². The first-order valence-electron chi connectivity index (χ1n) is 4.70. The summed E-state index contributed by atoms with van der Waals surface area (Å²) >= 11 is 1.25. The Bertz CT molecular complexity index is 661. The Balaban J connectivity index is 1.96. The second kappa shape index (κ2) is 3.91. The van der Waals surface area contributed by atoms with Crippen molar-refractivity contribution in [2.75, 3.05) is 5.32 Å². The summed E-state index contributed by atoms with van der Waals surface area (Å²) in [5.41, 5.74) is 2.46. The van der Waals surface area contributed by atoms with E-state index >= 15 is 0 Å². The smallest absolute Gasteiger partial charge is 0.262 e. The van der Waals surface area contributed by atoms with E-state index in [1.54, 1.807) is 24.0 Å². The summed E-state index contributed by atoms with van der Waals surface area (Å²) in [6.45, 7) is 0. The molecule has 3 aromatic heterocycles. The lowest BCUT2D eigenvalue weighted by atomic mass is 10.3. The van der Waals surface area contributed by atoms with Crippen LogP contribution in [0, 0.1) is 0 Å². The molecule has 1 N–H and O–H groups in total. The monoisotopic (exact) mass is 246 g/mol. The first kappa shape index (κ1) is 9.85. The van der Waals surface area contributed by atoms with E-state index in [4.69, 9.17) is 0 Å². The molecular formula is C9H6N6OS. The zero-order chi connectivity index (χ0) is 11.7. The zero-order valence-electron chi connectivity index (χ0n) is 8.44. The Labute approximate surface area is 99.1 Å². The van der Waals surface area contributed by atoms with Crippen molar-refractivity contribution in [3.63, 3.8) is 0 Å². The number of amides is 1. The van der Waals surface area contributed by atoms with Gasteiger partial charge in [0.2, 0.25) is 5.13 Å². The number of nitrogens with zero attached hydrogens (tertiary/aromatic N) is 5. The minimum atomic E-state index is -0.296. The summed E-state index contributed by atoms with van der Waals surface area (Å²) in [6, 6.07) is 1.74. The van der Waals surface area contributed by atoms with Crippen molar-refractivity contribution in [1.29, 1.82) is 0 Å². The molecule has 0 aliphatic carbocycles. The molecule has 0 fully saturated rings. The van der Waals surface area contributed by atoms with Crippen LogP contribution in [-0.2, 0) is 0 Å². The van der Waals surface area contributed by atoms with Gasteiger partial charge in [0.25, 0.3) is 5.91 Å². The number of aromatic nitrogens is 5. The highest BCUT2D eigenvalue weighted by Gasteiger charge is 2.14. The third kappa shape index (κ3) is 1.74. The number of carbonyl (C=O) groups is 1. The first-order chi connectivity index (χ1) is 8.34. The van der Waals surface area contributed by atoms with Gasteiger partial charge in [-0.3, -0.25) is 10.1 Å². The molecular weight excluding hydrogens is 240 g/mol. The third-order valence-electron chi connectivity index (χ3n) is 2.10. The molecule has 0 atom stereocenters. The minimum Gasteiger partial charge on any atom is -0.296 e. The number of anilines is 1. The largest absolute Gasteiger partial charge is 0.296 e. The third-order valence-corrected chi connectivity index (χ3v) is 2.71. The number of nitrogens with one attached hydrogen (secondary N) is 1. The van der Waals surface area contributed by atoms with E-state index in [1.807, 2.05) is 0 Å². The van der Waals surface area contributed by atoms with E-state index in [-0.39, 0.29) is 5.91 Å². The number of hydrogen-bond donors (Lipinski definition) is 1. The topological polar surface area (TPSA) is 85.1 Å². The van der Waals surface area contributed by atoms with Crippen LogP contribution in [0.1, 0.15) is 10.4 Å². The molecule has 17 heavy (non-hydrogen) atoms. The van der Waals surface area contributed by atoms with Crippen molar-refractivity contribution in [2.24, 2.45) is 0 Å². The molecule has 0 saturated carbocycles. The fourth-order valence-electron chi connectivity index (χ4n) is 1.38. The maximum Gasteiger partial charge on any atom is 0.262 e. The summed E-state index contributed by atoms with van der Waals surface area (Å²) < 4.78 is 1.54. The van der Waals surface area contributed by atoms with Crippen molar-refractivity contribution in [1.82, 2.24) is 24.8 Å². The summed E-state index contributed by atoms with van der Waals surface area (Å²) in [5.74, 6) is -0.296. The van der Waals surface area contributed by atoms with Gasteiger partial charge in [0.15, 0.2) is 5.65 Å². The molecule has 1 amide bonds. The van der Waals surface area contributed by atoms with Gasteiger partial charge < -0.3 is 0 Å². The van der Waals surface area contributed by atoms with Crippen molar-refractivity contribution in [3.05, 3.63) is 35.7 Å². The molecule has 84 valence electrons. The Kier molecular flexibility index (Phi) is 2.26. The Morgan fingerprint density at radius 3 is 3.24 bits per heavy atom. The van der Waals surface area contributed by atoms with Crippen LogP contribution in [0.15, 0.2) is 30.2 Å². The lowest BCUT2D eigenvalue weighted by Gasteiger charge is -1.97.